The van der Waals surface area contributed by atoms with Crippen molar-refractivity contribution in [1.82, 2.24) is 16.0 Å². The van der Waals surface area contributed by atoms with E-state index in [9.17, 15) is 70.6 Å². The van der Waals surface area contributed by atoms with Crippen molar-refractivity contribution in [3.63, 3.8) is 0 Å². The second-order valence-electron chi connectivity index (χ2n) is 13.4. The first-order valence-electron chi connectivity index (χ1n) is 17.1. The Kier molecular flexibility index (Phi) is 15.8. The van der Waals surface area contributed by atoms with Gasteiger partial charge in [-0.05, 0) is 0 Å². The summed E-state index contributed by atoms with van der Waals surface area (Å²) >= 11 is 0. The van der Waals surface area contributed by atoms with Crippen molar-refractivity contribution in [3.8, 4) is 0 Å². The van der Waals surface area contributed by atoms with Gasteiger partial charge in [0.15, 0.2) is 25.2 Å². The molecule has 4 heterocycles. The highest BCUT2D eigenvalue weighted by molar-refractivity contribution is 5.74. The van der Waals surface area contributed by atoms with E-state index in [4.69, 9.17) is 33.2 Å². The third-order valence-corrected chi connectivity index (χ3v) is 9.37. The molecule has 0 aromatic heterocycles. The molecular weight excluding hydrogens is 738 g/mol. The second kappa shape index (κ2) is 19.2. The molecule has 4 rings (SSSR count). The quantitative estimate of drug-likeness (QED) is 0.0823. The van der Waals surface area contributed by atoms with Gasteiger partial charge < -0.3 is 105 Å². The molecule has 312 valence electrons. The van der Waals surface area contributed by atoms with Gasteiger partial charge in [-0.25, -0.2) is 0 Å². The topological polar surface area (TPSA) is 374 Å². The molecule has 0 aliphatic carbocycles. The van der Waals surface area contributed by atoms with Crippen molar-refractivity contribution < 1.29 is 104 Å². The maximum Gasteiger partial charge on any atom is 0.217 e. The van der Waals surface area contributed by atoms with Gasteiger partial charge in [0.2, 0.25) is 17.7 Å². The summed E-state index contributed by atoms with van der Waals surface area (Å²) in [6.45, 7) is 0.424. The first kappa shape index (κ1) is 44.4. The number of nitrogens with one attached hydrogen (secondary N) is 3. The molecule has 4 saturated heterocycles. The molecule has 3 amide bonds. The minimum Gasteiger partial charge on any atom is -0.394 e. The standard InChI is InChI=1S/C30H51N3O21/c1-8(36)31-15-22(43)18(39)11(4-34)51-28(15)48-6-13-20(41)24(45)25(46)30(53-13)54-26-17(33-10(3)38)27(47)50-14(21(26)42)7-49-29-16(32-9(2)37)23(44)19(40)12(5-35)52-29/h11-30,34-35,39-47H,4-7H2,1-3H3,(H,31,36)(H,32,37)(H,33,38)/t11-,12-,13-,14-,15-,16-,17-,18-,19-,20+,21+,22-,23-,24+,25-,26-,27?,28-,29-,30+/m1/s1. The lowest BCUT2D eigenvalue weighted by Crippen LogP contribution is -2.68. The number of ether oxygens (including phenoxy) is 7. The van der Waals surface area contributed by atoms with Gasteiger partial charge in [-0.1, -0.05) is 0 Å². The number of amides is 3. The fourth-order valence-electron chi connectivity index (χ4n) is 6.55. The maximum absolute atomic E-state index is 12.1. The van der Waals surface area contributed by atoms with Gasteiger partial charge in [-0.3, -0.25) is 14.4 Å². The first-order chi connectivity index (χ1) is 25.4. The predicted molar refractivity (Wildman–Crippen MR) is 169 cm³/mol. The summed E-state index contributed by atoms with van der Waals surface area (Å²) in [7, 11) is 0. The SMILES string of the molecule is CC(=O)N[C@H]1[C@H](OC[C@H]2O[C@@H](O[C@H]3[C@@H](O)[C@@H](CO[C@@H]4O[C@H](CO)[C@@H](O)[C@H](O)[C@H]4NC(C)=O)OC(O)[C@@H]3NC(C)=O)[C@H](O)[C@@H](O)[C@H]2O)O[C@H](CO)[C@@H](O)[C@@H]1O. The summed E-state index contributed by atoms with van der Waals surface area (Å²) in [5.41, 5.74) is 0. The molecule has 14 N–H and O–H groups in total. The van der Waals surface area contributed by atoms with Crippen molar-refractivity contribution in [2.45, 2.75) is 143 Å². The molecule has 0 aromatic rings. The molecule has 20 atom stereocenters. The van der Waals surface area contributed by atoms with Crippen molar-refractivity contribution in [2.24, 2.45) is 0 Å². The van der Waals surface area contributed by atoms with Crippen LogP contribution < -0.4 is 16.0 Å². The number of carbonyl (C=O) groups excluding carboxylic acids is 3. The van der Waals surface area contributed by atoms with E-state index >= 15 is 0 Å². The third-order valence-electron chi connectivity index (χ3n) is 9.37. The van der Waals surface area contributed by atoms with Crippen LogP contribution in [0.4, 0.5) is 0 Å². The molecule has 1 unspecified atom stereocenters. The summed E-state index contributed by atoms with van der Waals surface area (Å²) < 4.78 is 39.3. The monoisotopic (exact) mass is 789 g/mol. The highest BCUT2D eigenvalue weighted by atomic mass is 16.7. The van der Waals surface area contributed by atoms with Gasteiger partial charge in [0.05, 0.1) is 26.4 Å². The predicted octanol–water partition coefficient (Wildman–Crippen LogP) is -9.32. The van der Waals surface area contributed by atoms with Gasteiger partial charge in [0, 0.05) is 20.8 Å². The van der Waals surface area contributed by atoms with Crippen molar-refractivity contribution in [1.29, 1.82) is 0 Å². The van der Waals surface area contributed by atoms with E-state index in [1.54, 1.807) is 0 Å². The van der Waals surface area contributed by atoms with Crippen LogP contribution in [-0.4, -0.2) is 223 Å². The Balaban J connectivity index is 1.51. The minimum absolute atomic E-state index is 0.645. The van der Waals surface area contributed by atoms with Crippen LogP contribution in [-0.2, 0) is 47.5 Å². The van der Waals surface area contributed by atoms with Crippen LogP contribution >= 0.6 is 0 Å². The summed E-state index contributed by atoms with van der Waals surface area (Å²) in [5, 5.41) is 122. The largest absolute Gasteiger partial charge is 0.394 e. The van der Waals surface area contributed by atoms with Gasteiger partial charge in [0.1, 0.15) is 97.5 Å². The number of hydrogen-bond donors (Lipinski definition) is 14. The van der Waals surface area contributed by atoms with Crippen molar-refractivity contribution in [2.75, 3.05) is 26.4 Å². The molecule has 24 nitrogen and oxygen atoms in total. The zero-order valence-electron chi connectivity index (χ0n) is 29.4. The van der Waals surface area contributed by atoms with E-state index in [0.29, 0.717) is 0 Å². The summed E-state index contributed by atoms with van der Waals surface area (Å²) in [6.07, 6.45) is -28.8. The van der Waals surface area contributed by atoms with Crippen LogP contribution in [0.2, 0.25) is 0 Å². The smallest absolute Gasteiger partial charge is 0.217 e. The van der Waals surface area contributed by atoms with E-state index in [0.717, 1.165) is 20.8 Å². The number of aliphatic hydroxyl groups is 11. The zero-order chi connectivity index (χ0) is 40.2. The molecule has 4 fully saturated rings. The van der Waals surface area contributed by atoms with Crippen molar-refractivity contribution >= 4 is 17.7 Å². The minimum atomic E-state index is -2.03. The van der Waals surface area contributed by atoms with E-state index in [1.807, 2.05) is 0 Å². The van der Waals surface area contributed by atoms with E-state index < -0.39 is 167 Å². The average molecular weight is 790 g/mol. The normalized spacial score (nSPS) is 45.7. The molecule has 4 aliphatic heterocycles. The summed E-state index contributed by atoms with van der Waals surface area (Å²) in [4.78, 5) is 35.7. The third kappa shape index (κ3) is 10.2. The van der Waals surface area contributed by atoms with Crippen LogP contribution in [0.25, 0.3) is 0 Å². The van der Waals surface area contributed by atoms with Crippen LogP contribution in [0.5, 0.6) is 0 Å². The molecule has 0 bridgehead atoms. The molecule has 0 aromatic carbocycles. The van der Waals surface area contributed by atoms with E-state index in [2.05, 4.69) is 16.0 Å². The molecule has 24 heteroatoms. The van der Waals surface area contributed by atoms with Crippen LogP contribution in [0.3, 0.4) is 0 Å². The molecular formula is C30H51N3O21. The number of carbonyl (C=O) groups is 3. The van der Waals surface area contributed by atoms with Gasteiger partial charge in [-0.15, -0.1) is 0 Å². The lowest BCUT2D eigenvalue weighted by atomic mass is 9.95. The fraction of sp³-hybridized carbons (Fsp3) is 0.900. The van der Waals surface area contributed by atoms with Crippen LogP contribution in [0, 0.1) is 0 Å². The van der Waals surface area contributed by atoms with Crippen LogP contribution in [0.15, 0.2) is 0 Å². The number of hydrogen-bond acceptors (Lipinski definition) is 21. The van der Waals surface area contributed by atoms with Crippen molar-refractivity contribution in [3.05, 3.63) is 0 Å². The molecule has 0 saturated carbocycles. The fourth-order valence-corrected chi connectivity index (χ4v) is 6.55. The number of rotatable bonds is 13. The molecule has 4 aliphatic rings. The second-order valence-corrected chi connectivity index (χ2v) is 13.4. The lowest BCUT2D eigenvalue weighted by molar-refractivity contribution is -0.351. The summed E-state index contributed by atoms with van der Waals surface area (Å²) in [5.74, 6) is -2.02. The zero-order valence-corrected chi connectivity index (χ0v) is 29.4. The molecule has 0 spiro atoms. The Bertz CT molecular complexity index is 1250. The average Bonchev–Trinajstić information content (AvgIpc) is 3.11. The Morgan fingerprint density at radius 1 is 0.481 bits per heavy atom. The van der Waals surface area contributed by atoms with Gasteiger partial charge in [0.25, 0.3) is 0 Å². The Morgan fingerprint density at radius 2 is 0.870 bits per heavy atom. The van der Waals surface area contributed by atoms with Crippen LogP contribution in [0.1, 0.15) is 20.8 Å². The van der Waals surface area contributed by atoms with Gasteiger partial charge in [-0.2, -0.15) is 0 Å². The van der Waals surface area contributed by atoms with Gasteiger partial charge >= 0.3 is 0 Å². The highest BCUT2D eigenvalue weighted by Gasteiger charge is 2.53. The Labute approximate surface area is 307 Å². The first-order valence-corrected chi connectivity index (χ1v) is 17.1. The Morgan fingerprint density at radius 3 is 1.30 bits per heavy atom. The molecule has 0 radical (unpaired) electrons. The highest BCUT2D eigenvalue weighted by Crippen LogP contribution is 2.31. The number of aliphatic hydroxyl groups excluding tert-OH is 11. The maximum atomic E-state index is 12.1. The van der Waals surface area contributed by atoms with E-state index in [-0.39, 0.29) is 0 Å². The van der Waals surface area contributed by atoms with E-state index in [1.165, 1.54) is 0 Å². The lowest BCUT2D eigenvalue weighted by Gasteiger charge is -2.47. The summed E-state index contributed by atoms with van der Waals surface area (Å²) in [6, 6.07) is -4.32. The molecule has 54 heavy (non-hydrogen) atoms. The Hall–Kier alpha value is -2.31.